The fraction of sp³-hybridized carbons (Fsp3) is 0.357. The maximum atomic E-state index is 13.3. The third kappa shape index (κ3) is 3.10. The number of benzene rings is 1. The van der Waals surface area contributed by atoms with E-state index in [0.717, 1.165) is 0 Å². The van der Waals surface area contributed by atoms with Crippen LogP contribution in [0.5, 0.6) is 0 Å². The predicted molar refractivity (Wildman–Crippen MR) is 70.1 cm³/mol. The first-order valence-corrected chi connectivity index (χ1v) is 6.06. The lowest BCUT2D eigenvalue weighted by Crippen LogP contribution is -2.30. The van der Waals surface area contributed by atoms with E-state index in [2.05, 4.69) is 6.58 Å². The molecule has 0 N–H and O–H groups in total. The van der Waals surface area contributed by atoms with Crippen LogP contribution in [-0.4, -0.2) is 12.6 Å². The van der Waals surface area contributed by atoms with Gasteiger partial charge in [-0.1, -0.05) is 29.8 Å². The summed E-state index contributed by atoms with van der Waals surface area (Å²) in [6.07, 6.45) is 1.76. The third-order valence-corrected chi connectivity index (χ3v) is 3.20. The average Bonchev–Trinajstić information content (AvgIpc) is 2.35. The van der Waals surface area contributed by atoms with Crippen LogP contribution in [0.15, 0.2) is 30.9 Å². The summed E-state index contributed by atoms with van der Waals surface area (Å²) in [7, 11) is 0. The molecule has 0 saturated carbocycles. The second-order valence-corrected chi connectivity index (χ2v) is 4.61. The van der Waals surface area contributed by atoms with Crippen molar-refractivity contribution in [2.45, 2.75) is 20.3 Å². The van der Waals surface area contributed by atoms with Crippen molar-refractivity contribution in [2.24, 2.45) is 5.41 Å². The molecule has 0 heterocycles. The molecule has 0 aliphatic heterocycles. The van der Waals surface area contributed by atoms with Gasteiger partial charge in [0.15, 0.2) is 0 Å². The molecule has 1 aromatic rings. The van der Waals surface area contributed by atoms with Gasteiger partial charge < -0.3 is 4.74 Å². The van der Waals surface area contributed by atoms with Crippen molar-refractivity contribution in [3.8, 4) is 0 Å². The van der Waals surface area contributed by atoms with Gasteiger partial charge in [0.25, 0.3) is 0 Å². The van der Waals surface area contributed by atoms with Gasteiger partial charge in [0, 0.05) is 0 Å². The number of carbonyl (C=O) groups excluding carboxylic acids is 1. The zero-order valence-electron chi connectivity index (χ0n) is 10.5. The van der Waals surface area contributed by atoms with E-state index in [1.54, 1.807) is 26.0 Å². The van der Waals surface area contributed by atoms with Crippen LogP contribution >= 0.6 is 11.6 Å². The molecule has 0 aromatic heterocycles. The van der Waals surface area contributed by atoms with E-state index in [-0.39, 0.29) is 17.4 Å². The molecule has 0 bridgehead atoms. The summed E-state index contributed by atoms with van der Waals surface area (Å²) in [6, 6.07) is 4.53. The fourth-order valence-corrected chi connectivity index (χ4v) is 1.80. The van der Waals surface area contributed by atoms with Crippen LogP contribution in [0.3, 0.4) is 0 Å². The minimum atomic E-state index is -0.909. The first-order chi connectivity index (χ1) is 8.44. The maximum Gasteiger partial charge on any atom is 0.315 e. The van der Waals surface area contributed by atoms with Crippen LogP contribution in [0.1, 0.15) is 19.4 Å². The quantitative estimate of drug-likeness (QED) is 0.601. The molecular formula is C14H16ClFO2. The third-order valence-electron chi connectivity index (χ3n) is 2.78. The molecular weight excluding hydrogens is 255 g/mol. The monoisotopic (exact) mass is 270 g/mol. The van der Waals surface area contributed by atoms with Gasteiger partial charge in [-0.05, 0) is 31.9 Å². The van der Waals surface area contributed by atoms with Crippen molar-refractivity contribution in [1.82, 2.24) is 0 Å². The summed E-state index contributed by atoms with van der Waals surface area (Å²) in [5.74, 6) is -0.884. The smallest absolute Gasteiger partial charge is 0.315 e. The summed E-state index contributed by atoms with van der Waals surface area (Å²) < 4.78 is 18.3. The number of carbonyl (C=O) groups is 1. The summed E-state index contributed by atoms with van der Waals surface area (Å²) in [5.41, 5.74) is -0.347. The van der Waals surface area contributed by atoms with Gasteiger partial charge in [0.2, 0.25) is 0 Å². The second kappa shape index (κ2) is 6.01. The molecule has 1 atom stereocenters. The van der Waals surface area contributed by atoms with Crippen LogP contribution in [0.4, 0.5) is 4.39 Å². The first kappa shape index (κ1) is 14.7. The number of hydrogen-bond donors (Lipinski definition) is 0. The average molecular weight is 271 g/mol. The fourth-order valence-electron chi connectivity index (χ4n) is 1.60. The van der Waals surface area contributed by atoms with Gasteiger partial charge in [0.1, 0.15) is 5.82 Å². The zero-order chi connectivity index (χ0) is 13.8. The lowest BCUT2D eigenvalue weighted by atomic mass is 9.83. The van der Waals surface area contributed by atoms with Crippen LogP contribution in [0.2, 0.25) is 5.02 Å². The highest BCUT2D eigenvalue weighted by atomic mass is 35.5. The largest absolute Gasteiger partial charge is 0.465 e. The van der Waals surface area contributed by atoms with Gasteiger partial charge in [-0.25, -0.2) is 4.39 Å². The highest BCUT2D eigenvalue weighted by Crippen LogP contribution is 2.30. The Balaban J connectivity index is 3.02. The summed E-state index contributed by atoms with van der Waals surface area (Å²) in [4.78, 5) is 11.9. The van der Waals surface area contributed by atoms with Gasteiger partial charge in [0.05, 0.1) is 17.0 Å². The van der Waals surface area contributed by atoms with E-state index in [1.165, 1.54) is 12.1 Å². The van der Waals surface area contributed by atoms with Crippen LogP contribution in [-0.2, 0) is 16.0 Å². The standard InChI is InChI=1S/C14H16ClFO2/c1-4-14(3,13(17)18-5-2)9-10-7-6-8-11(16)12(10)15/h4,6-8H,1,5,9H2,2-3H3. The molecule has 0 amide bonds. The number of rotatable bonds is 5. The van der Waals surface area contributed by atoms with E-state index in [4.69, 9.17) is 16.3 Å². The molecule has 1 unspecified atom stereocenters. The molecule has 0 saturated heterocycles. The lowest BCUT2D eigenvalue weighted by molar-refractivity contribution is -0.151. The van der Waals surface area contributed by atoms with E-state index in [1.807, 2.05) is 0 Å². The van der Waals surface area contributed by atoms with Gasteiger partial charge in [-0.2, -0.15) is 0 Å². The molecule has 0 fully saturated rings. The molecule has 0 aliphatic rings. The molecule has 0 spiro atoms. The molecule has 18 heavy (non-hydrogen) atoms. The maximum absolute atomic E-state index is 13.3. The Kier molecular flexibility index (Phi) is 4.91. The zero-order valence-corrected chi connectivity index (χ0v) is 11.3. The van der Waals surface area contributed by atoms with E-state index in [0.29, 0.717) is 12.2 Å². The molecule has 98 valence electrons. The van der Waals surface area contributed by atoms with Crippen molar-refractivity contribution in [2.75, 3.05) is 6.61 Å². The van der Waals surface area contributed by atoms with Crippen molar-refractivity contribution < 1.29 is 13.9 Å². The normalized spacial score (nSPS) is 13.8. The lowest BCUT2D eigenvalue weighted by Gasteiger charge is -2.23. The topological polar surface area (TPSA) is 26.3 Å². The molecule has 4 heteroatoms. The van der Waals surface area contributed by atoms with Crippen LogP contribution in [0.25, 0.3) is 0 Å². The molecule has 0 aliphatic carbocycles. The summed E-state index contributed by atoms with van der Waals surface area (Å²) in [6.45, 7) is 7.36. The predicted octanol–water partition coefficient (Wildman–Crippen LogP) is 3.78. The Morgan fingerprint density at radius 2 is 2.28 bits per heavy atom. The van der Waals surface area contributed by atoms with E-state index in [9.17, 15) is 9.18 Å². The highest BCUT2D eigenvalue weighted by molar-refractivity contribution is 6.31. The van der Waals surface area contributed by atoms with E-state index < -0.39 is 11.2 Å². The Morgan fingerprint density at radius 1 is 1.61 bits per heavy atom. The second-order valence-electron chi connectivity index (χ2n) is 4.23. The molecule has 2 nitrogen and oxygen atoms in total. The van der Waals surface area contributed by atoms with Gasteiger partial charge >= 0.3 is 5.97 Å². The minimum absolute atomic E-state index is 0.0369. The Hall–Kier alpha value is -1.35. The highest BCUT2D eigenvalue weighted by Gasteiger charge is 2.32. The molecule has 1 aromatic carbocycles. The van der Waals surface area contributed by atoms with Crippen molar-refractivity contribution in [1.29, 1.82) is 0 Å². The Morgan fingerprint density at radius 3 is 2.83 bits per heavy atom. The Bertz CT molecular complexity index is 459. The number of esters is 1. The summed E-state index contributed by atoms with van der Waals surface area (Å²) >= 11 is 5.88. The Labute approximate surface area is 111 Å². The van der Waals surface area contributed by atoms with Gasteiger partial charge in [-0.15, -0.1) is 6.58 Å². The van der Waals surface area contributed by atoms with Crippen molar-refractivity contribution in [3.05, 3.63) is 47.3 Å². The molecule has 0 radical (unpaired) electrons. The minimum Gasteiger partial charge on any atom is -0.465 e. The summed E-state index contributed by atoms with van der Waals surface area (Å²) in [5, 5.41) is 0.0369. The number of ether oxygens (including phenoxy) is 1. The number of halogens is 2. The molecule has 1 rings (SSSR count). The van der Waals surface area contributed by atoms with Crippen LogP contribution < -0.4 is 0 Å². The first-order valence-electron chi connectivity index (χ1n) is 5.68. The van der Waals surface area contributed by atoms with Crippen molar-refractivity contribution in [3.63, 3.8) is 0 Å². The van der Waals surface area contributed by atoms with Gasteiger partial charge in [-0.3, -0.25) is 4.79 Å². The van der Waals surface area contributed by atoms with Crippen molar-refractivity contribution >= 4 is 17.6 Å². The SMILES string of the molecule is C=CC(C)(Cc1cccc(F)c1Cl)C(=O)OCC. The van der Waals surface area contributed by atoms with Crippen LogP contribution in [0, 0.1) is 11.2 Å². The van der Waals surface area contributed by atoms with E-state index >= 15 is 0 Å². The number of hydrogen-bond acceptors (Lipinski definition) is 2.